The molecular formula is C13H22N2S. The third kappa shape index (κ3) is 2.64. The number of nitrogens with zero attached hydrogens (tertiary/aromatic N) is 1. The fraction of sp³-hybridized carbons (Fsp3) is 0.769. The molecule has 1 fully saturated rings. The van der Waals surface area contributed by atoms with E-state index in [1.165, 1.54) is 30.0 Å². The van der Waals surface area contributed by atoms with Crippen LogP contribution >= 0.6 is 11.3 Å². The number of hydrogen-bond acceptors (Lipinski definition) is 3. The minimum atomic E-state index is 0.732. The molecular weight excluding hydrogens is 216 g/mol. The largest absolute Gasteiger partial charge is 0.314 e. The molecule has 2 rings (SSSR count). The number of nitrogens with one attached hydrogen (secondary N) is 1. The average molecular weight is 238 g/mol. The van der Waals surface area contributed by atoms with Gasteiger partial charge in [-0.3, -0.25) is 0 Å². The second kappa shape index (κ2) is 5.28. The smallest absolute Gasteiger partial charge is 0.0930 e. The monoisotopic (exact) mass is 238 g/mol. The zero-order chi connectivity index (χ0) is 11.5. The van der Waals surface area contributed by atoms with E-state index in [4.69, 9.17) is 0 Å². The van der Waals surface area contributed by atoms with Crippen LogP contribution in [0.3, 0.4) is 0 Å². The molecule has 1 aromatic heterocycles. The number of aryl methyl sites for hydroxylation is 1. The zero-order valence-electron chi connectivity index (χ0n) is 10.5. The molecule has 0 spiro atoms. The summed E-state index contributed by atoms with van der Waals surface area (Å²) in [5.74, 6) is 1.62. The van der Waals surface area contributed by atoms with E-state index in [9.17, 15) is 0 Å². The van der Waals surface area contributed by atoms with Gasteiger partial charge in [-0.25, -0.2) is 4.98 Å². The standard InChI is InChI=1S/C13H22N2S/c1-4-14-12-6-5-11(10(12)3)7-13-15-9(2)8-16-13/h8,10-12,14H,4-7H2,1-3H3. The molecule has 3 atom stereocenters. The Morgan fingerprint density at radius 2 is 2.31 bits per heavy atom. The van der Waals surface area contributed by atoms with Gasteiger partial charge in [-0.05, 0) is 38.1 Å². The Morgan fingerprint density at radius 3 is 2.94 bits per heavy atom. The topological polar surface area (TPSA) is 24.9 Å². The molecule has 1 saturated carbocycles. The molecule has 0 amide bonds. The summed E-state index contributed by atoms with van der Waals surface area (Å²) >= 11 is 1.82. The van der Waals surface area contributed by atoms with Crippen LogP contribution in [0, 0.1) is 18.8 Å². The maximum Gasteiger partial charge on any atom is 0.0930 e. The Morgan fingerprint density at radius 1 is 1.50 bits per heavy atom. The van der Waals surface area contributed by atoms with Gasteiger partial charge in [-0.1, -0.05) is 13.8 Å². The normalized spacial score (nSPS) is 29.8. The highest BCUT2D eigenvalue weighted by Gasteiger charge is 2.32. The van der Waals surface area contributed by atoms with Gasteiger partial charge in [0.15, 0.2) is 0 Å². The van der Waals surface area contributed by atoms with Crippen molar-refractivity contribution in [2.45, 2.75) is 46.1 Å². The van der Waals surface area contributed by atoms with Crippen molar-refractivity contribution in [1.29, 1.82) is 0 Å². The van der Waals surface area contributed by atoms with Crippen molar-refractivity contribution in [3.8, 4) is 0 Å². The lowest BCUT2D eigenvalue weighted by Gasteiger charge is -2.20. The third-order valence-electron chi connectivity index (χ3n) is 3.80. The molecule has 90 valence electrons. The van der Waals surface area contributed by atoms with Gasteiger partial charge in [-0.2, -0.15) is 0 Å². The zero-order valence-corrected chi connectivity index (χ0v) is 11.3. The van der Waals surface area contributed by atoms with Gasteiger partial charge in [0.05, 0.1) is 5.01 Å². The van der Waals surface area contributed by atoms with E-state index in [0.29, 0.717) is 0 Å². The lowest BCUT2D eigenvalue weighted by Crippen LogP contribution is -2.32. The van der Waals surface area contributed by atoms with Crippen LogP contribution in [0.4, 0.5) is 0 Å². The first-order valence-electron chi connectivity index (χ1n) is 6.35. The highest BCUT2D eigenvalue weighted by Crippen LogP contribution is 2.34. The number of hydrogen-bond donors (Lipinski definition) is 1. The summed E-state index contributed by atoms with van der Waals surface area (Å²) in [6.07, 6.45) is 3.88. The van der Waals surface area contributed by atoms with Crippen molar-refractivity contribution in [2.75, 3.05) is 6.54 Å². The Kier molecular flexibility index (Phi) is 3.98. The number of thiazole rings is 1. The second-order valence-electron chi connectivity index (χ2n) is 4.95. The van der Waals surface area contributed by atoms with E-state index in [1.54, 1.807) is 0 Å². The van der Waals surface area contributed by atoms with Gasteiger partial charge in [-0.15, -0.1) is 11.3 Å². The van der Waals surface area contributed by atoms with Crippen LogP contribution in [0.15, 0.2) is 5.38 Å². The van der Waals surface area contributed by atoms with Crippen molar-refractivity contribution in [2.24, 2.45) is 11.8 Å². The molecule has 16 heavy (non-hydrogen) atoms. The molecule has 1 N–H and O–H groups in total. The Bertz CT molecular complexity index is 334. The summed E-state index contributed by atoms with van der Waals surface area (Å²) in [4.78, 5) is 4.58. The van der Waals surface area contributed by atoms with Crippen LogP contribution in [0.2, 0.25) is 0 Å². The molecule has 1 aromatic rings. The van der Waals surface area contributed by atoms with Crippen LogP contribution < -0.4 is 5.32 Å². The minimum absolute atomic E-state index is 0.732. The molecule has 0 radical (unpaired) electrons. The lowest BCUT2D eigenvalue weighted by atomic mass is 9.93. The van der Waals surface area contributed by atoms with Gasteiger partial charge >= 0.3 is 0 Å². The lowest BCUT2D eigenvalue weighted by molar-refractivity contribution is 0.355. The fourth-order valence-electron chi connectivity index (χ4n) is 2.81. The van der Waals surface area contributed by atoms with Gasteiger partial charge in [0, 0.05) is 23.5 Å². The van der Waals surface area contributed by atoms with Gasteiger partial charge in [0.1, 0.15) is 0 Å². The summed E-state index contributed by atoms with van der Waals surface area (Å²) < 4.78 is 0. The molecule has 2 nitrogen and oxygen atoms in total. The third-order valence-corrected chi connectivity index (χ3v) is 4.79. The molecule has 1 aliphatic carbocycles. The number of aromatic nitrogens is 1. The van der Waals surface area contributed by atoms with Crippen LogP contribution in [0.1, 0.15) is 37.4 Å². The Balaban J connectivity index is 1.92. The van der Waals surface area contributed by atoms with Crippen LogP contribution in [0.5, 0.6) is 0 Å². The maximum atomic E-state index is 4.58. The quantitative estimate of drug-likeness (QED) is 0.872. The van der Waals surface area contributed by atoms with Crippen molar-refractivity contribution in [3.05, 3.63) is 16.1 Å². The molecule has 3 heteroatoms. The highest BCUT2D eigenvalue weighted by molar-refractivity contribution is 7.09. The van der Waals surface area contributed by atoms with Crippen molar-refractivity contribution < 1.29 is 0 Å². The molecule has 0 bridgehead atoms. The first kappa shape index (κ1) is 12.1. The van der Waals surface area contributed by atoms with Gasteiger partial charge in [0.2, 0.25) is 0 Å². The van der Waals surface area contributed by atoms with E-state index in [-0.39, 0.29) is 0 Å². The van der Waals surface area contributed by atoms with Crippen molar-refractivity contribution in [3.63, 3.8) is 0 Å². The predicted octanol–water partition coefficient (Wildman–Crippen LogP) is 3.02. The van der Waals surface area contributed by atoms with E-state index in [0.717, 1.165) is 24.4 Å². The van der Waals surface area contributed by atoms with Crippen LogP contribution in [-0.4, -0.2) is 17.6 Å². The van der Waals surface area contributed by atoms with Crippen LogP contribution in [0.25, 0.3) is 0 Å². The highest BCUT2D eigenvalue weighted by atomic mass is 32.1. The fourth-order valence-corrected chi connectivity index (χ4v) is 3.67. The van der Waals surface area contributed by atoms with E-state index >= 15 is 0 Å². The molecule has 0 saturated heterocycles. The molecule has 1 aliphatic rings. The number of rotatable bonds is 4. The molecule has 0 aliphatic heterocycles. The van der Waals surface area contributed by atoms with Crippen molar-refractivity contribution in [1.82, 2.24) is 10.3 Å². The summed E-state index contributed by atoms with van der Waals surface area (Å²) in [5, 5.41) is 7.09. The summed E-state index contributed by atoms with van der Waals surface area (Å²) in [6.45, 7) is 7.77. The Labute approximate surface area is 102 Å². The first-order valence-corrected chi connectivity index (χ1v) is 7.23. The Hall–Kier alpha value is -0.410. The molecule has 0 aromatic carbocycles. The van der Waals surface area contributed by atoms with Crippen LogP contribution in [-0.2, 0) is 6.42 Å². The summed E-state index contributed by atoms with van der Waals surface area (Å²) in [6, 6.07) is 0.732. The maximum absolute atomic E-state index is 4.58. The average Bonchev–Trinajstić information content (AvgIpc) is 2.80. The summed E-state index contributed by atoms with van der Waals surface area (Å²) in [5.41, 5.74) is 1.17. The first-order chi connectivity index (χ1) is 7.70. The van der Waals surface area contributed by atoms with Gasteiger partial charge in [0.25, 0.3) is 0 Å². The molecule has 1 heterocycles. The van der Waals surface area contributed by atoms with E-state index in [2.05, 4.69) is 36.5 Å². The SMILES string of the molecule is CCNC1CCC(Cc2nc(C)cs2)C1C. The minimum Gasteiger partial charge on any atom is -0.314 e. The molecule has 3 unspecified atom stereocenters. The van der Waals surface area contributed by atoms with E-state index < -0.39 is 0 Å². The van der Waals surface area contributed by atoms with Crippen molar-refractivity contribution >= 4 is 11.3 Å². The van der Waals surface area contributed by atoms with E-state index in [1.807, 2.05) is 11.3 Å². The second-order valence-corrected chi connectivity index (χ2v) is 5.89. The van der Waals surface area contributed by atoms with Gasteiger partial charge < -0.3 is 5.32 Å². The summed E-state index contributed by atoms with van der Waals surface area (Å²) in [7, 11) is 0. The predicted molar refractivity (Wildman–Crippen MR) is 69.9 cm³/mol.